The third-order valence-electron chi connectivity index (χ3n) is 21.9. The molecule has 10 aliphatic rings. The third-order valence-corrected chi connectivity index (χ3v) is 21.9. The van der Waals surface area contributed by atoms with Crippen LogP contribution in [-0.4, -0.2) is 91.5 Å². The van der Waals surface area contributed by atoms with Gasteiger partial charge in [0.25, 0.3) is 0 Å². The molecule has 5 heterocycles. The van der Waals surface area contributed by atoms with E-state index in [2.05, 4.69) is 53.4 Å². The average Bonchev–Trinajstić information content (AvgIpc) is 2.39. The molecular weight excluding hydrogens is 1050 g/mol. The summed E-state index contributed by atoms with van der Waals surface area (Å²) in [4.78, 5) is 30.6. The number of carbonyl (C=O) groups excluding carboxylic acids is 1. The molecule has 16 nitrogen and oxygen atoms in total. The first-order chi connectivity index (χ1) is 40.0. The summed E-state index contributed by atoms with van der Waals surface area (Å²) in [5.74, 6) is -4.13. The molecule has 14 rings (SSSR count). The van der Waals surface area contributed by atoms with Gasteiger partial charge in [-0.3, -0.25) is 10.1 Å². The van der Waals surface area contributed by atoms with Gasteiger partial charge >= 0.3 is 5.97 Å². The summed E-state index contributed by atoms with van der Waals surface area (Å²) < 4.78 is 21.6. The molecular formula is C67H76N4O12. The Morgan fingerprint density at radius 2 is 1.80 bits per heavy atom. The largest absolute Gasteiger partial charge is 0.508 e. The van der Waals surface area contributed by atoms with Crippen molar-refractivity contribution in [3.05, 3.63) is 162 Å². The number of phenols is 2. The van der Waals surface area contributed by atoms with Gasteiger partial charge in [0, 0.05) is 72.6 Å². The molecule has 436 valence electrons. The van der Waals surface area contributed by atoms with Crippen molar-refractivity contribution in [1.82, 2.24) is 16.0 Å². The Morgan fingerprint density at radius 1 is 0.964 bits per heavy atom. The minimum Gasteiger partial charge on any atom is -0.508 e. The van der Waals surface area contributed by atoms with E-state index in [0.717, 1.165) is 57.2 Å². The van der Waals surface area contributed by atoms with Crippen molar-refractivity contribution < 1.29 is 54.4 Å². The van der Waals surface area contributed by atoms with Crippen LogP contribution in [0.4, 0.5) is 0 Å². The Kier molecular flexibility index (Phi) is 13.1. The van der Waals surface area contributed by atoms with Gasteiger partial charge in [0.05, 0.1) is 23.9 Å². The van der Waals surface area contributed by atoms with E-state index in [1.807, 2.05) is 25.1 Å². The van der Waals surface area contributed by atoms with E-state index in [4.69, 9.17) is 19.6 Å². The lowest BCUT2D eigenvalue weighted by molar-refractivity contribution is -0.171. The number of phenolic OH excluding ortho intramolecular Hbond substituents is 2. The maximum absolute atomic E-state index is 15.9. The SMILES string of the molecule is C/C=C(\C(=O)O[C@@H]1Cc2c3c(c4oc(CO)cc(=O)c4c2O)[C@@H]2C4=CCNC(N)=C4[C@@H](CCc4ccc(O)cc4[C@H]2CO)[C@@H]2CCC4=CC(NCC)NC=C4C[C@@H]2[C@]1(C)O3)[C@]1(O)C[C@@H]2C[C@H]1C=C1C[C@@H]3[C@@H](CO)CC[C@@]3(O)c3cccc2c31. The summed E-state index contributed by atoms with van der Waals surface area (Å²) in [5, 5.41) is 93.7. The first-order valence-corrected chi connectivity index (χ1v) is 30.2. The van der Waals surface area contributed by atoms with Gasteiger partial charge in [0.2, 0.25) is 0 Å². The highest BCUT2D eigenvalue weighted by Gasteiger charge is 2.61. The Hall–Kier alpha value is -6.66. The molecule has 0 amide bonds. The molecule has 12 N–H and O–H groups in total. The molecule has 4 aliphatic heterocycles. The Morgan fingerprint density at radius 3 is 2.58 bits per heavy atom. The number of hydrogen-bond acceptors (Lipinski definition) is 16. The zero-order chi connectivity index (χ0) is 57.6. The van der Waals surface area contributed by atoms with E-state index in [1.165, 1.54) is 5.57 Å². The minimum absolute atomic E-state index is 0.0117. The van der Waals surface area contributed by atoms with E-state index < -0.39 is 76.9 Å². The fourth-order valence-electron chi connectivity index (χ4n) is 18.1. The molecule has 4 aromatic rings. The van der Waals surface area contributed by atoms with Crippen LogP contribution in [0.3, 0.4) is 0 Å². The normalized spacial score (nSPS) is 34.6. The molecule has 83 heavy (non-hydrogen) atoms. The van der Waals surface area contributed by atoms with Crippen molar-refractivity contribution in [2.75, 3.05) is 26.3 Å². The number of carbonyl (C=O) groups is 1. The highest BCUT2D eigenvalue weighted by Crippen LogP contribution is 2.64. The Labute approximate surface area is 482 Å². The van der Waals surface area contributed by atoms with Crippen LogP contribution in [0.1, 0.15) is 141 Å². The summed E-state index contributed by atoms with van der Waals surface area (Å²) in [7, 11) is 0. The average molecular weight is 1130 g/mol. The van der Waals surface area contributed by atoms with Crippen molar-refractivity contribution in [3.8, 4) is 17.2 Å². The maximum atomic E-state index is 15.9. The van der Waals surface area contributed by atoms with Crippen molar-refractivity contribution in [2.24, 2.45) is 41.2 Å². The van der Waals surface area contributed by atoms with Crippen LogP contribution in [0.25, 0.3) is 16.5 Å². The number of nitrogens with two attached hydrogens (primary N) is 1. The predicted octanol–water partition coefficient (Wildman–Crippen LogP) is 7.08. The lowest BCUT2D eigenvalue weighted by atomic mass is 9.61. The highest BCUT2D eigenvalue weighted by molar-refractivity contribution is 5.93. The quantitative estimate of drug-likeness (QED) is 0.0622. The van der Waals surface area contributed by atoms with Crippen LogP contribution in [0.15, 0.2) is 116 Å². The van der Waals surface area contributed by atoms with E-state index >= 15 is 4.79 Å². The lowest BCUT2D eigenvalue weighted by Gasteiger charge is -2.52. The van der Waals surface area contributed by atoms with Gasteiger partial charge in [-0.15, -0.1) is 0 Å². The van der Waals surface area contributed by atoms with Gasteiger partial charge < -0.3 is 66.0 Å². The van der Waals surface area contributed by atoms with Crippen LogP contribution in [0.2, 0.25) is 0 Å². The van der Waals surface area contributed by atoms with E-state index in [-0.39, 0.29) is 94.6 Å². The van der Waals surface area contributed by atoms with Crippen molar-refractivity contribution in [1.29, 1.82) is 0 Å². The van der Waals surface area contributed by atoms with E-state index in [0.29, 0.717) is 81.3 Å². The molecule has 3 fully saturated rings. The third kappa shape index (κ3) is 8.05. The second-order valence-corrected chi connectivity index (χ2v) is 25.7. The maximum Gasteiger partial charge on any atom is 0.337 e. The second kappa shape index (κ2) is 20.0. The number of fused-ring (bicyclic) bond motifs is 14. The standard InChI is InChI=1S/C67H76N4O12/c1-4-48(67(80)27-36-20-38(67)19-35-21-50-34(29-72)15-17-66(50,79)49-8-6-7-41(36)55(35)49)64(78)82-53-26-46-60(77)58-52(76)25-40(30-73)81-62(58)59-56-44-16-18-70-63(68)57(44)43(14-10-32-9-12-39(75)24-45(32)47(56)31-74)42-13-11-33-23-54(69-5-2)71-28-37(33)22-51(42)65(53,3)83-61(46)59/h4,6-9,12,16,19,23-25,28,34,36,38,42-43,47,50-51,53-54,56,69-75,77,79-80H,5,10-11,13-15,17-18,20-22,26-27,29-31,68H2,1-3H3/b48-4+/t34-,36+,38-,42+,43+,47-,50-,51+,53-,54?,56-,65+,66-,67+/m1/s1. The topological polar surface area (TPSA) is 269 Å². The smallest absolute Gasteiger partial charge is 0.337 e. The summed E-state index contributed by atoms with van der Waals surface area (Å²) >= 11 is 0. The zero-order valence-corrected chi connectivity index (χ0v) is 47.3. The van der Waals surface area contributed by atoms with Gasteiger partial charge in [0.15, 0.2) is 5.43 Å². The van der Waals surface area contributed by atoms with Crippen LogP contribution < -0.4 is 31.8 Å². The minimum atomic E-state index is -1.68. The van der Waals surface area contributed by atoms with Gasteiger partial charge in [-0.25, -0.2) is 4.79 Å². The molecule has 16 heteroatoms. The van der Waals surface area contributed by atoms with Crippen molar-refractivity contribution in [3.63, 3.8) is 0 Å². The molecule has 14 atom stereocenters. The van der Waals surface area contributed by atoms with Gasteiger partial charge in [0.1, 0.15) is 63.7 Å². The van der Waals surface area contributed by atoms with Crippen LogP contribution >= 0.6 is 0 Å². The number of aromatic hydroxyl groups is 2. The molecule has 1 aromatic heterocycles. The number of aliphatic hydroxyl groups is 5. The lowest BCUT2D eigenvalue weighted by Crippen LogP contribution is -2.59. The van der Waals surface area contributed by atoms with Crippen LogP contribution in [0, 0.1) is 35.5 Å². The number of hydrogen-bond donors (Lipinski definition) is 11. The molecule has 3 aromatic carbocycles. The monoisotopic (exact) mass is 1130 g/mol. The summed E-state index contributed by atoms with van der Waals surface area (Å²) in [5.41, 5.74) is 12.6. The summed E-state index contributed by atoms with van der Waals surface area (Å²) in [6, 6.07) is 12.5. The molecule has 0 saturated heterocycles. The summed E-state index contributed by atoms with van der Waals surface area (Å²) in [6.45, 7) is 5.81. The van der Waals surface area contributed by atoms with Gasteiger partial charge in [-0.1, -0.05) is 49.4 Å². The number of nitrogens with one attached hydrogen (secondary N) is 3. The first kappa shape index (κ1) is 54.3. The van der Waals surface area contributed by atoms with E-state index in [9.17, 15) is 40.5 Å². The fourth-order valence-corrected chi connectivity index (χ4v) is 18.1. The van der Waals surface area contributed by atoms with Crippen molar-refractivity contribution >= 4 is 22.5 Å². The number of dihydropyridines is 2. The van der Waals surface area contributed by atoms with E-state index in [1.54, 1.807) is 25.1 Å². The number of likely N-dealkylation sites (N-methyl/N-ethyl adjacent to an activating group) is 1. The number of aryl methyl sites for hydroxylation is 1. The van der Waals surface area contributed by atoms with Gasteiger partial charge in [-0.2, -0.15) is 0 Å². The molecule has 0 radical (unpaired) electrons. The number of aliphatic hydroxyl groups excluding tert-OH is 3. The molecule has 0 spiro atoms. The molecule has 3 saturated carbocycles. The Balaban J connectivity index is 0.966. The van der Waals surface area contributed by atoms with Crippen molar-refractivity contribution in [2.45, 2.75) is 145 Å². The summed E-state index contributed by atoms with van der Waals surface area (Å²) in [6.07, 6.45) is 14.4. The molecule has 6 aliphatic carbocycles. The predicted molar refractivity (Wildman–Crippen MR) is 310 cm³/mol. The van der Waals surface area contributed by atoms with Crippen LogP contribution in [0.5, 0.6) is 17.2 Å². The van der Waals surface area contributed by atoms with Crippen LogP contribution in [-0.2, 0) is 34.6 Å². The molecule has 6 bridgehead atoms. The number of ether oxygens (including phenoxy) is 2. The molecule has 1 unspecified atom stereocenters. The number of benzene rings is 3. The second-order valence-electron chi connectivity index (χ2n) is 25.7. The highest BCUT2D eigenvalue weighted by atomic mass is 16.6. The number of rotatable bonds is 8. The van der Waals surface area contributed by atoms with Gasteiger partial charge in [-0.05, 0) is 182 Å². The first-order valence-electron chi connectivity index (χ1n) is 30.2. The number of esters is 1. The number of allylic oxidation sites excluding steroid dienone is 6. The fraction of sp³-hybridized carbons (Fsp3) is 0.493. The zero-order valence-electron chi connectivity index (χ0n) is 47.3. The Bertz CT molecular complexity index is 3670.